The van der Waals surface area contributed by atoms with E-state index in [0.717, 1.165) is 28.9 Å². The second-order valence-corrected chi connectivity index (χ2v) is 7.29. The lowest BCUT2D eigenvalue weighted by atomic mass is 9.84. The molecule has 0 radical (unpaired) electrons. The third-order valence-corrected chi connectivity index (χ3v) is 4.85. The van der Waals surface area contributed by atoms with Crippen molar-refractivity contribution in [3.8, 4) is 11.3 Å². The highest BCUT2D eigenvalue weighted by Crippen LogP contribution is 2.32. The Morgan fingerprint density at radius 1 is 1.08 bits per heavy atom. The fraction of sp³-hybridized carbons (Fsp3) is 0.238. The van der Waals surface area contributed by atoms with E-state index in [9.17, 15) is 0 Å². The first kappa shape index (κ1) is 16.5. The van der Waals surface area contributed by atoms with Crippen LogP contribution in [0.5, 0.6) is 0 Å². The molecule has 4 rings (SSSR count). The first-order valence-electron chi connectivity index (χ1n) is 8.74. The molecule has 0 atom stereocenters. The summed E-state index contributed by atoms with van der Waals surface area (Å²) in [7, 11) is 0. The van der Waals surface area contributed by atoms with Crippen LogP contribution in [0.4, 0.5) is 0 Å². The van der Waals surface area contributed by atoms with Crippen molar-refractivity contribution < 1.29 is 5.11 Å². The predicted molar refractivity (Wildman–Crippen MR) is 103 cm³/mol. The third kappa shape index (κ3) is 3.02. The molecule has 4 aromatic rings. The largest absolute Gasteiger partial charge is 0.392 e. The van der Waals surface area contributed by atoms with Crippen LogP contribution in [0.2, 0.25) is 0 Å². The third-order valence-electron chi connectivity index (χ3n) is 4.85. The SMILES string of the molecule is CC(C)(Cn1cc(-c2ccc(CO)cc2)nn1)c1c[nH]c2ccccc12. The molecule has 2 N–H and O–H groups in total. The molecule has 0 aliphatic heterocycles. The minimum absolute atomic E-state index is 0.0474. The smallest absolute Gasteiger partial charge is 0.113 e. The summed E-state index contributed by atoms with van der Waals surface area (Å²) < 4.78 is 1.90. The van der Waals surface area contributed by atoms with Crippen molar-refractivity contribution in [2.24, 2.45) is 0 Å². The Hall–Kier alpha value is -2.92. The first-order chi connectivity index (χ1) is 12.6. The molecule has 2 heterocycles. The van der Waals surface area contributed by atoms with Crippen molar-refractivity contribution >= 4 is 10.9 Å². The molecule has 0 amide bonds. The van der Waals surface area contributed by atoms with E-state index in [-0.39, 0.29) is 12.0 Å². The molecule has 5 heteroatoms. The molecule has 0 aliphatic rings. The van der Waals surface area contributed by atoms with Gasteiger partial charge in [-0.1, -0.05) is 61.5 Å². The van der Waals surface area contributed by atoms with Gasteiger partial charge in [0.15, 0.2) is 0 Å². The number of fused-ring (bicyclic) bond motifs is 1. The van der Waals surface area contributed by atoms with Crippen molar-refractivity contribution in [1.82, 2.24) is 20.0 Å². The van der Waals surface area contributed by atoms with Crippen LogP contribution in [0.1, 0.15) is 25.0 Å². The van der Waals surface area contributed by atoms with Gasteiger partial charge in [-0.25, -0.2) is 0 Å². The van der Waals surface area contributed by atoms with Crippen LogP contribution in [-0.4, -0.2) is 25.1 Å². The van der Waals surface area contributed by atoms with Gasteiger partial charge in [0.2, 0.25) is 0 Å². The molecule has 0 aliphatic carbocycles. The number of benzene rings is 2. The highest BCUT2D eigenvalue weighted by Gasteiger charge is 2.25. The van der Waals surface area contributed by atoms with Gasteiger partial charge in [0, 0.05) is 28.1 Å². The van der Waals surface area contributed by atoms with Gasteiger partial charge in [0.25, 0.3) is 0 Å². The molecular formula is C21H22N4O. The summed E-state index contributed by atoms with van der Waals surface area (Å²) in [5.74, 6) is 0. The molecular weight excluding hydrogens is 324 g/mol. The predicted octanol–water partition coefficient (Wildman–Crippen LogP) is 3.90. The van der Waals surface area contributed by atoms with Gasteiger partial charge in [-0.2, -0.15) is 0 Å². The zero-order valence-electron chi connectivity index (χ0n) is 15.0. The molecule has 132 valence electrons. The maximum atomic E-state index is 9.16. The summed E-state index contributed by atoms with van der Waals surface area (Å²) in [5, 5.41) is 19.0. The fourth-order valence-corrected chi connectivity index (χ4v) is 3.41. The van der Waals surface area contributed by atoms with Crippen LogP contribution < -0.4 is 0 Å². The van der Waals surface area contributed by atoms with E-state index in [2.05, 4.69) is 53.5 Å². The maximum Gasteiger partial charge on any atom is 0.113 e. The topological polar surface area (TPSA) is 66.7 Å². The number of nitrogens with one attached hydrogen (secondary N) is 1. The monoisotopic (exact) mass is 346 g/mol. The van der Waals surface area contributed by atoms with E-state index in [0.29, 0.717) is 0 Å². The van der Waals surface area contributed by atoms with Gasteiger partial charge in [-0.05, 0) is 17.2 Å². The van der Waals surface area contributed by atoms with E-state index in [4.69, 9.17) is 5.11 Å². The summed E-state index contributed by atoms with van der Waals surface area (Å²) >= 11 is 0. The fourth-order valence-electron chi connectivity index (χ4n) is 3.41. The summed E-state index contributed by atoms with van der Waals surface area (Å²) in [6, 6.07) is 16.1. The van der Waals surface area contributed by atoms with E-state index >= 15 is 0 Å². The van der Waals surface area contributed by atoms with Crippen LogP contribution in [0, 0.1) is 0 Å². The van der Waals surface area contributed by atoms with Crippen molar-refractivity contribution in [2.45, 2.75) is 32.4 Å². The quantitative estimate of drug-likeness (QED) is 0.576. The first-order valence-corrected chi connectivity index (χ1v) is 8.74. The molecule has 0 saturated heterocycles. The summed E-state index contributed by atoms with van der Waals surface area (Å²) in [5.41, 5.74) is 5.06. The van der Waals surface area contributed by atoms with Crippen molar-refractivity contribution in [3.05, 3.63) is 72.1 Å². The highest BCUT2D eigenvalue weighted by molar-refractivity contribution is 5.84. The summed E-state index contributed by atoms with van der Waals surface area (Å²) in [4.78, 5) is 3.36. The molecule has 0 fully saturated rings. The molecule has 0 bridgehead atoms. The Bertz CT molecular complexity index is 1030. The molecule has 26 heavy (non-hydrogen) atoms. The van der Waals surface area contributed by atoms with Crippen LogP contribution in [0.15, 0.2) is 60.9 Å². The molecule has 2 aromatic carbocycles. The second kappa shape index (κ2) is 6.42. The average Bonchev–Trinajstić information content (AvgIpc) is 3.28. The molecule has 0 unspecified atom stereocenters. The Kier molecular flexibility index (Phi) is 4.09. The Balaban J connectivity index is 1.59. The lowest BCUT2D eigenvalue weighted by Gasteiger charge is -2.24. The number of rotatable bonds is 5. The number of hydrogen-bond acceptors (Lipinski definition) is 3. The van der Waals surface area contributed by atoms with Crippen LogP contribution in [-0.2, 0) is 18.6 Å². The number of aromatic nitrogens is 4. The minimum atomic E-state index is -0.0919. The lowest BCUT2D eigenvalue weighted by molar-refractivity contribution is 0.282. The average molecular weight is 346 g/mol. The Labute approximate surface area is 152 Å². The highest BCUT2D eigenvalue weighted by atomic mass is 16.3. The zero-order valence-corrected chi connectivity index (χ0v) is 15.0. The van der Waals surface area contributed by atoms with Crippen molar-refractivity contribution in [1.29, 1.82) is 0 Å². The normalized spacial score (nSPS) is 12.0. The summed E-state index contributed by atoms with van der Waals surface area (Å²) in [6.45, 7) is 5.22. The Morgan fingerprint density at radius 2 is 1.85 bits per heavy atom. The molecule has 2 aromatic heterocycles. The van der Waals surface area contributed by atoms with Crippen LogP contribution in [0.25, 0.3) is 22.2 Å². The number of nitrogens with zero attached hydrogens (tertiary/aromatic N) is 3. The van der Waals surface area contributed by atoms with E-state index in [1.54, 1.807) is 0 Å². The van der Waals surface area contributed by atoms with Gasteiger partial charge in [0.1, 0.15) is 5.69 Å². The Morgan fingerprint density at radius 3 is 2.62 bits per heavy atom. The zero-order chi connectivity index (χ0) is 18.1. The lowest BCUT2D eigenvalue weighted by Crippen LogP contribution is -2.24. The van der Waals surface area contributed by atoms with E-state index in [1.807, 2.05) is 41.2 Å². The number of para-hydroxylation sites is 1. The van der Waals surface area contributed by atoms with Crippen LogP contribution in [0.3, 0.4) is 0 Å². The molecule has 0 saturated carbocycles. The van der Waals surface area contributed by atoms with Crippen molar-refractivity contribution in [2.75, 3.05) is 0 Å². The molecule has 5 nitrogen and oxygen atoms in total. The second-order valence-electron chi connectivity index (χ2n) is 7.29. The van der Waals surface area contributed by atoms with Gasteiger partial charge in [0.05, 0.1) is 19.3 Å². The van der Waals surface area contributed by atoms with Gasteiger partial charge in [-0.3, -0.25) is 4.68 Å². The van der Waals surface area contributed by atoms with Crippen LogP contribution >= 0.6 is 0 Å². The van der Waals surface area contributed by atoms with E-state index < -0.39 is 0 Å². The van der Waals surface area contributed by atoms with E-state index in [1.165, 1.54) is 10.9 Å². The minimum Gasteiger partial charge on any atom is -0.392 e. The number of aliphatic hydroxyl groups is 1. The van der Waals surface area contributed by atoms with Gasteiger partial charge >= 0.3 is 0 Å². The number of aliphatic hydroxyl groups excluding tert-OH is 1. The summed E-state index contributed by atoms with van der Waals surface area (Å²) in [6.07, 6.45) is 4.07. The maximum absolute atomic E-state index is 9.16. The van der Waals surface area contributed by atoms with Gasteiger partial charge < -0.3 is 10.1 Å². The number of hydrogen-bond donors (Lipinski definition) is 2. The van der Waals surface area contributed by atoms with Gasteiger partial charge in [-0.15, -0.1) is 5.10 Å². The van der Waals surface area contributed by atoms with Crippen molar-refractivity contribution in [3.63, 3.8) is 0 Å². The molecule has 0 spiro atoms. The standard InChI is InChI=1S/C21H22N4O/c1-21(2,18-11-22-19-6-4-3-5-17(18)19)14-25-12-20(23-24-25)16-9-7-15(13-26)8-10-16/h3-12,22,26H,13-14H2,1-2H3. The number of aromatic amines is 1. The number of H-pyrrole nitrogens is 1.